The van der Waals surface area contributed by atoms with E-state index in [-0.39, 0.29) is 11.5 Å². The summed E-state index contributed by atoms with van der Waals surface area (Å²) in [6, 6.07) is 1.53. The van der Waals surface area contributed by atoms with Crippen molar-refractivity contribution in [1.82, 2.24) is 9.97 Å². The molecule has 1 aromatic rings. The van der Waals surface area contributed by atoms with Crippen LogP contribution in [0, 0.1) is 0 Å². The zero-order valence-corrected chi connectivity index (χ0v) is 11.5. The van der Waals surface area contributed by atoms with Crippen LogP contribution in [0.4, 0.5) is 0 Å². The summed E-state index contributed by atoms with van der Waals surface area (Å²) >= 11 is 1.45. The van der Waals surface area contributed by atoms with Gasteiger partial charge in [-0.1, -0.05) is 25.1 Å². The molecule has 1 heterocycles. The first kappa shape index (κ1) is 14.8. The number of rotatable bonds is 7. The second-order valence-electron chi connectivity index (χ2n) is 3.82. The number of carbonyl (C=O) groups excluding carboxylic acids is 1. The minimum Gasteiger partial charge on any atom is -0.469 e. The normalized spacial score (nSPS) is 10.3. The van der Waals surface area contributed by atoms with Gasteiger partial charge in [-0.3, -0.25) is 9.59 Å². The Morgan fingerprint density at radius 1 is 1.56 bits per heavy atom. The molecule has 1 rings (SSSR count). The SMILES string of the molecule is CCCc1cc(=O)[nH]c(SCCCC(=O)OC)n1. The van der Waals surface area contributed by atoms with Gasteiger partial charge in [-0.2, -0.15) is 0 Å². The number of esters is 1. The number of hydrogen-bond acceptors (Lipinski definition) is 5. The van der Waals surface area contributed by atoms with E-state index in [1.165, 1.54) is 24.9 Å². The maximum atomic E-state index is 11.4. The molecule has 1 N–H and O–H groups in total. The maximum absolute atomic E-state index is 11.4. The molecule has 0 spiro atoms. The third-order valence-corrected chi connectivity index (χ3v) is 3.23. The van der Waals surface area contributed by atoms with Crippen molar-refractivity contribution in [3.8, 4) is 0 Å². The van der Waals surface area contributed by atoms with Crippen LogP contribution in [0.2, 0.25) is 0 Å². The van der Waals surface area contributed by atoms with Gasteiger partial charge in [0.2, 0.25) is 0 Å². The van der Waals surface area contributed by atoms with Gasteiger partial charge in [0.05, 0.1) is 7.11 Å². The van der Waals surface area contributed by atoms with E-state index < -0.39 is 0 Å². The van der Waals surface area contributed by atoms with Gasteiger partial charge in [0.15, 0.2) is 5.16 Å². The third-order valence-electron chi connectivity index (χ3n) is 2.27. The monoisotopic (exact) mass is 270 g/mol. The first-order valence-electron chi connectivity index (χ1n) is 5.95. The fraction of sp³-hybridized carbons (Fsp3) is 0.583. The molecule has 0 aliphatic heterocycles. The van der Waals surface area contributed by atoms with Gasteiger partial charge in [-0.05, 0) is 12.8 Å². The Kier molecular flexibility index (Phi) is 6.49. The largest absolute Gasteiger partial charge is 0.469 e. The fourth-order valence-corrected chi connectivity index (χ4v) is 2.26. The van der Waals surface area contributed by atoms with E-state index in [9.17, 15) is 9.59 Å². The van der Waals surface area contributed by atoms with Crippen molar-refractivity contribution < 1.29 is 9.53 Å². The topological polar surface area (TPSA) is 72.0 Å². The predicted octanol–water partition coefficient (Wildman–Crippen LogP) is 1.77. The van der Waals surface area contributed by atoms with Crippen molar-refractivity contribution in [3.63, 3.8) is 0 Å². The molecule has 0 radical (unpaired) electrons. The van der Waals surface area contributed by atoms with Crippen molar-refractivity contribution in [3.05, 3.63) is 22.1 Å². The minimum atomic E-state index is -0.211. The lowest BCUT2D eigenvalue weighted by Gasteiger charge is -2.03. The van der Waals surface area contributed by atoms with E-state index in [2.05, 4.69) is 14.7 Å². The number of aromatic nitrogens is 2. The van der Waals surface area contributed by atoms with E-state index in [0.717, 1.165) is 24.3 Å². The second-order valence-corrected chi connectivity index (χ2v) is 4.90. The van der Waals surface area contributed by atoms with E-state index in [0.29, 0.717) is 18.0 Å². The average Bonchev–Trinajstić information content (AvgIpc) is 2.34. The number of H-pyrrole nitrogens is 1. The molecule has 0 aliphatic carbocycles. The van der Waals surface area contributed by atoms with Crippen LogP contribution in [0.5, 0.6) is 0 Å². The summed E-state index contributed by atoms with van der Waals surface area (Å²) < 4.78 is 4.55. The number of carbonyl (C=O) groups is 1. The predicted molar refractivity (Wildman–Crippen MR) is 70.8 cm³/mol. The van der Waals surface area contributed by atoms with Crippen LogP contribution in [0.25, 0.3) is 0 Å². The lowest BCUT2D eigenvalue weighted by molar-refractivity contribution is -0.140. The van der Waals surface area contributed by atoms with Gasteiger partial charge in [0.25, 0.3) is 5.56 Å². The van der Waals surface area contributed by atoms with E-state index in [1.54, 1.807) is 0 Å². The Morgan fingerprint density at radius 2 is 2.33 bits per heavy atom. The number of nitrogens with one attached hydrogen (secondary N) is 1. The van der Waals surface area contributed by atoms with Crippen molar-refractivity contribution in [2.45, 2.75) is 37.8 Å². The third kappa shape index (κ3) is 5.35. The lowest BCUT2D eigenvalue weighted by atomic mass is 10.2. The average molecular weight is 270 g/mol. The van der Waals surface area contributed by atoms with Crippen molar-refractivity contribution in [2.24, 2.45) is 0 Å². The van der Waals surface area contributed by atoms with Crippen molar-refractivity contribution in [2.75, 3.05) is 12.9 Å². The molecule has 6 heteroatoms. The molecule has 100 valence electrons. The van der Waals surface area contributed by atoms with Gasteiger partial charge in [-0.25, -0.2) is 4.98 Å². The molecule has 0 atom stereocenters. The number of nitrogens with zero attached hydrogens (tertiary/aromatic N) is 1. The molecular formula is C12H18N2O3S. The number of ether oxygens (including phenoxy) is 1. The summed E-state index contributed by atoms with van der Waals surface area (Å²) in [7, 11) is 1.38. The molecule has 0 unspecified atom stereocenters. The van der Waals surface area contributed by atoms with Crippen LogP contribution in [0.3, 0.4) is 0 Å². The van der Waals surface area contributed by atoms with E-state index >= 15 is 0 Å². The van der Waals surface area contributed by atoms with Crippen LogP contribution in [-0.2, 0) is 16.0 Å². The summed E-state index contributed by atoms with van der Waals surface area (Å²) in [5.41, 5.74) is 0.695. The van der Waals surface area contributed by atoms with Gasteiger partial charge in [0.1, 0.15) is 0 Å². The lowest BCUT2D eigenvalue weighted by Crippen LogP contribution is -2.10. The minimum absolute atomic E-state index is 0.121. The highest BCUT2D eigenvalue weighted by atomic mass is 32.2. The second kappa shape index (κ2) is 7.92. The van der Waals surface area contributed by atoms with Crippen molar-refractivity contribution >= 4 is 17.7 Å². The van der Waals surface area contributed by atoms with Crippen LogP contribution < -0.4 is 5.56 Å². The van der Waals surface area contributed by atoms with Crippen LogP contribution >= 0.6 is 11.8 Å². The number of aryl methyl sites for hydroxylation is 1. The Morgan fingerprint density at radius 3 is 3.00 bits per heavy atom. The Balaban J connectivity index is 2.46. The highest BCUT2D eigenvalue weighted by Crippen LogP contribution is 2.14. The number of thioether (sulfide) groups is 1. The molecule has 0 bridgehead atoms. The summed E-state index contributed by atoms with van der Waals surface area (Å²) in [5.74, 6) is 0.518. The summed E-state index contributed by atoms with van der Waals surface area (Å²) in [6.45, 7) is 2.05. The molecule has 0 aliphatic rings. The zero-order valence-electron chi connectivity index (χ0n) is 10.7. The number of aromatic amines is 1. The summed E-state index contributed by atoms with van der Waals surface area (Å²) in [6.07, 6.45) is 2.87. The van der Waals surface area contributed by atoms with Gasteiger partial charge in [-0.15, -0.1) is 0 Å². The highest BCUT2D eigenvalue weighted by molar-refractivity contribution is 7.99. The highest BCUT2D eigenvalue weighted by Gasteiger charge is 2.03. The molecule has 5 nitrogen and oxygen atoms in total. The quantitative estimate of drug-likeness (QED) is 0.354. The van der Waals surface area contributed by atoms with Crippen LogP contribution in [0.15, 0.2) is 16.0 Å². The molecule has 0 aromatic carbocycles. The molecule has 0 fully saturated rings. The molecule has 0 amide bonds. The Labute approximate surface area is 110 Å². The van der Waals surface area contributed by atoms with Crippen LogP contribution in [0.1, 0.15) is 31.9 Å². The fourth-order valence-electron chi connectivity index (χ4n) is 1.42. The number of methoxy groups -OCH3 is 1. The zero-order chi connectivity index (χ0) is 13.4. The standard InChI is InChI=1S/C12H18N2O3S/c1-3-5-9-8-10(15)14-12(13-9)18-7-4-6-11(16)17-2/h8H,3-7H2,1-2H3,(H,13,14,15). The van der Waals surface area contributed by atoms with E-state index in [4.69, 9.17) is 0 Å². The molecule has 1 aromatic heterocycles. The van der Waals surface area contributed by atoms with Gasteiger partial charge in [0, 0.05) is 23.9 Å². The number of hydrogen-bond donors (Lipinski definition) is 1. The summed E-state index contributed by atoms with van der Waals surface area (Å²) in [5, 5.41) is 0.621. The maximum Gasteiger partial charge on any atom is 0.305 e. The van der Waals surface area contributed by atoms with Gasteiger partial charge >= 0.3 is 5.97 Å². The first-order valence-corrected chi connectivity index (χ1v) is 6.94. The summed E-state index contributed by atoms with van der Waals surface area (Å²) in [4.78, 5) is 29.3. The molecular weight excluding hydrogens is 252 g/mol. The van der Waals surface area contributed by atoms with Gasteiger partial charge < -0.3 is 9.72 Å². The van der Waals surface area contributed by atoms with Crippen molar-refractivity contribution in [1.29, 1.82) is 0 Å². The Bertz CT molecular complexity index is 445. The van der Waals surface area contributed by atoms with E-state index in [1.807, 2.05) is 6.92 Å². The first-order chi connectivity index (χ1) is 8.65. The smallest absolute Gasteiger partial charge is 0.305 e. The molecule has 18 heavy (non-hydrogen) atoms. The Hall–Kier alpha value is -1.30. The molecule has 0 saturated heterocycles. The molecule has 0 saturated carbocycles. The van der Waals surface area contributed by atoms with Crippen LogP contribution in [-0.4, -0.2) is 28.8 Å².